The molecule has 0 amide bonds. The number of hydrogen-bond donors (Lipinski definition) is 0. The first kappa shape index (κ1) is 26.3. The number of hydrogen-bond acceptors (Lipinski definition) is 2. The van der Waals surface area contributed by atoms with Gasteiger partial charge in [-0.15, -0.1) is 0 Å². The minimum atomic E-state index is -0.260. The van der Waals surface area contributed by atoms with Crippen molar-refractivity contribution < 1.29 is 8.81 Å². The molecule has 9 aromatic rings. The fourth-order valence-corrected chi connectivity index (χ4v) is 6.78. The summed E-state index contributed by atoms with van der Waals surface area (Å²) in [6.45, 7) is 0. The van der Waals surface area contributed by atoms with Gasteiger partial charge in [0.25, 0.3) is 0 Å². The summed E-state index contributed by atoms with van der Waals surface area (Å²) in [6, 6.07) is 55.1. The van der Waals surface area contributed by atoms with Crippen molar-refractivity contribution in [3.8, 4) is 16.8 Å². The normalized spacial score (nSPS) is 11.6. The van der Waals surface area contributed by atoms with Gasteiger partial charge in [-0.05, 0) is 83.7 Å². The topological polar surface area (TPSA) is 21.3 Å². The van der Waals surface area contributed by atoms with Gasteiger partial charge in [-0.3, -0.25) is 0 Å². The van der Waals surface area contributed by atoms with Crippen LogP contribution in [0.2, 0.25) is 0 Å². The second kappa shape index (κ2) is 10.5. The average Bonchev–Trinajstić information content (AvgIpc) is 3.65. The first-order valence-electron chi connectivity index (χ1n) is 15.4. The van der Waals surface area contributed by atoms with Crippen molar-refractivity contribution in [2.24, 2.45) is 0 Å². The first-order valence-corrected chi connectivity index (χ1v) is 15.4. The molecule has 0 N–H and O–H groups in total. The molecule has 0 atom stereocenters. The lowest BCUT2D eigenvalue weighted by Crippen LogP contribution is -2.10. The third-order valence-electron chi connectivity index (χ3n) is 8.85. The van der Waals surface area contributed by atoms with Gasteiger partial charge in [0.05, 0.1) is 11.2 Å². The molecule has 0 aliphatic heterocycles. The van der Waals surface area contributed by atoms with Gasteiger partial charge in [0.1, 0.15) is 16.9 Å². The van der Waals surface area contributed by atoms with Crippen molar-refractivity contribution in [1.82, 2.24) is 4.57 Å². The average molecular weight is 595 g/mol. The van der Waals surface area contributed by atoms with Crippen LogP contribution in [0.1, 0.15) is 0 Å². The summed E-state index contributed by atoms with van der Waals surface area (Å²) < 4.78 is 23.1. The molecule has 0 aliphatic rings. The maximum atomic E-state index is 14.0. The van der Waals surface area contributed by atoms with Crippen LogP contribution >= 0.6 is 0 Å². The number of aromatic nitrogens is 1. The summed E-state index contributed by atoms with van der Waals surface area (Å²) in [5.74, 6) is -0.260. The van der Waals surface area contributed by atoms with E-state index in [2.05, 4.69) is 137 Å². The molecule has 7 aromatic carbocycles. The Hall–Kier alpha value is -6.13. The van der Waals surface area contributed by atoms with E-state index >= 15 is 0 Å². The van der Waals surface area contributed by atoms with E-state index < -0.39 is 0 Å². The molecule has 2 heterocycles. The van der Waals surface area contributed by atoms with Crippen LogP contribution < -0.4 is 4.90 Å². The van der Waals surface area contributed by atoms with Crippen molar-refractivity contribution >= 4 is 60.8 Å². The van der Waals surface area contributed by atoms with Gasteiger partial charge in [0.15, 0.2) is 5.58 Å². The van der Waals surface area contributed by atoms with Crippen LogP contribution in [0.25, 0.3) is 60.6 Å². The molecule has 0 aliphatic carbocycles. The van der Waals surface area contributed by atoms with E-state index in [1.807, 2.05) is 24.3 Å². The molecular formula is C42H27FN2O. The van der Waals surface area contributed by atoms with Gasteiger partial charge in [-0.1, -0.05) is 91.0 Å². The van der Waals surface area contributed by atoms with Gasteiger partial charge in [-0.25, -0.2) is 4.39 Å². The molecule has 0 bridgehead atoms. The van der Waals surface area contributed by atoms with Crippen molar-refractivity contribution in [1.29, 1.82) is 0 Å². The van der Waals surface area contributed by atoms with Crippen molar-refractivity contribution in [2.45, 2.75) is 0 Å². The molecule has 3 nitrogen and oxygen atoms in total. The molecule has 0 unspecified atom stereocenters. The molecule has 0 radical (unpaired) electrons. The zero-order chi connectivity index (χ0) is 30.6. The standard InChI is InChI=1S/C42H27FN2O/c43-30-22-26-33(27-23-30)44(38-19-8-11-28-10-4-5-14-34(28)38)32-24-20-29(21-25-32)35-16-9-17-37-40-42(46-41(35)37)36-15-6-7-18-39(36)45(40)31-12-2-1-3-13-31/h1-27H. The molecule has 0 saturated carbocycles. The quantitative estimate of drug-likeness (QED) is 0.198. The summed E-state index contributed by atoms with van der Waals surface area (Å²) in [5, 5.41) is 4.42. The van der Waals surface area contributed by atoms with Gasteiger partial charge >= 0.3 is 0 Å². The Bertz CT molecular complexity index is 2520. The van der Waals surface area contributed by atoms with Crippen LogP contribution in [0.5, 0.6) is 0 Å². The predicted molar refractivity (Wildman–Crippen MR) is 188 cm³/mol. The molecule has 0 spiro atoms. The summed E-state index contributed by atoms with van der Waals surface area (Å²) in [7, 11) is 0. The van der Waals surface area contributed by atoms with Crippen LogP contribution in [0, 0.1) is 5.82 Å². The number of rotatable bonds is 5. The second-order valence-electron chi connectivity index (χ2n) is 11.5. The van der Waals surface area contributed by atoms with E-state index in [9.17, 15) is 4.39 Å². The van der Waals surface area contributed by atoms with E-state index in [1.54, 1.807) is 0 Å². The number of halogens is 1. The van der Waals surface area contributed by atoms with Crippen LogP contribution in [-0.2, 0) is 0 Å². The van der Waals surface area contributed by atoms with Crippen LogP contribution in [-0.4, -0.2) is 4.57 Å². The highest BCUT2D eigenvalue weighted by atomic mass is 19.1. The Kier molecular flexibility index (Phi) is 6.00. The van der Waals surface area contributed by atoms with E-state index in [-0.39, 0.29) is 5.82 Å². The number of nitrogens with zero attached hydrogens (tertiary/aromatic N) is 2. The Balaban J connectivity index is 1.21. The Morgan fingerprint density at radius 1 is 0.500 bits per heavy atom. The number of fused-ring (bicyclic) bond motifs is 6. The van der Waals surface area contributed by atoms with Crippen molar-refractivity contribution in [2.75, 3.05) is 4.90 Å². The number of anilines is 3. The highest BCUT2D eigenvalue weighted by Gasteiger charge is 2.21. The van der Waals surface area contributed by atoms with Crippen molar-refractivity contribution in [3.05, 3.63) is 170 Å². The van der Waals surface area contributed by atoms with Crippen LogP contribution in [0.4, 0.5) is 21.5 Å². The molecule has 218 valence electrons. The zero-order valence-electron chi connectivity index (χ0n) is 24.8. The van der Waals surface area contributed by atoms with E-state index in [0.29, 0.717) is 0 Å². The van der Waals surface area contributed by atoms with Crippen LogP contribution in [0.15, 0.2) is 168 Å². The van der Waals surface area contributed by atoms with Gasteiger partial charge in [0, 0.05) is 38.8 Å². The Morgan fingerprint density at radius 2 is 1.13 bits per heavy atom. The Morgan fingerprint density at radius 3 is 1.93 bits per heavy atom. The minimum absolute atomic E-state index is 0.260. The monoisotopic (exact) mass is 594 g/mol. The molecule has 0 saturated heterocycles. The maximum absolute atomic E-state index is 14.0. The van der Waals surface area contributed by atoms with Gasteiger partial charge in [-0.2, -0.15) is 0 Å². The third kappa shape index (κ3) is 4.11. The smallest absolute Gasteiger partial charge is 0.161 e. The summed E-state index contributed by atoms with van der Waals surface area (Å²) >= 11 is 0. The molecule has 0 fully saturated rings. The summed E-state index contributed by atoms with van der Waals surface area (Å²) in [5.41, 5.74) is 10.0. The number of para-hydroxylation sites is 3. The lowest BCUT2D eigenvalue weighted by Gasteiger charge is -2.27. The fourth-order valence-electron chi connectivity index (χ4n) is 6.78. The predicted octanol–water partition coefficient (Wildman–Crippen LogP) is 12.0. The first-order chi connectivity index (χ1) is 22.7. The third-order valence-corrected chi connectivity index (χ3v) is 8.85. The molecule has 4 heteroatoms. The second-order valence-corrected chi connectivity index (χ2v) is 11.5. The highest BCUT2D eigenvalue weighted by Crippen LogP contribution is 2.43. The fraction of sp³-hybridized carbons (Fsp3) is 0. The number of benzene rings is 7. The van der Waals surface area contributed by atoms with Gasteiger partial charge < -0.3 is 13.9 Å². The summed E-state index contributed by atoms with van der Waals surface area (Å²) in [4.78, 5) is 2.18. The largest absolute Gasteiger partial charge is 0.453 e. The summed E-state index contributed by atoms with van der Waals surface area (Å²) in [6.07, 6.45) is 0. The molecule has 2 aromatic heterocycles. The van der Waals surface area contributed by atoms with Gasteiger partial charge in [0.2, 0.25) is 0 Å². The molecule has 46 heavy (non-hydrogen) atoms. The molecule has 9 rings (SSSR count). The highest BCUT2D eigenvalue weighted by molar-refractivity contribution is 6.18. The number of furan rings is 1. The van der Waals surface area contributed by atoms with E-state index in [1.165, 1.54) is 12.1 Å². The van der Waals surface area contributed by atoms with E-state index in [4.69, 9.17) is 4.42 Å². The Labute approximate surface area is 265 Å². The zero-order valence-corrected chi connectivity index (χ0v) is 24.8. The van der Waals surface area contributed by atoms with Crippen LogP contribution in [0.3, 0.4) is 0 Å². The minimum Gasteiger partial charge on any atom is -0.453 e. The SMILES string of the molecule is Fc1ccc(N(c2ccc(-c3cccc4c3oc3c5ccccc5n(-c5ccccc5)c43)cc2)c2cccc3ccccc23)cc1. The lowest BCUT2D eigenvalue weighted by molar-refractivity contribution is 0.628. The lowest BCUT2D eigenvalue weighted by atomic mass is 10.0. The molecular weight excluding hydrogens is 567 g/mol. The maximum Gasteiger partial charge on any atom is 0.161 e. The van der Waals surface area contributed by atoms with Crippen molar-refractivity contribution in [3.63, 3.8) is 0 Å². The van der Waals surface area contributed by atoms with E-state index in [0.717, 1.165) is 77.6 Å².